The van der Waals surface area contributed by atoms with E-state index in [-0.39, 0.29) is 5.91 Å². The second-order valence-corrected chi connectivity index (χ2v) is 7.83. The SMILES string of the molecule is C=C(C)C(=O)Nc1ccc(-c2c(-c3ccc4cc[nH]c4c3)c3c(N)ncnc3n2C)cc1. The molecule has 0 fully saturated rings. The number of nitrogens with two attached hydrogens (primary N) is 1. The zero-order valence-corrected chi connectivity index (χ0v) is 17.8. The summed E-state index contributed by atoms with van der Waals surface area (Å²) in [6.07, 6.45) is 3.41. The highest BCUT2D eigenvalue weighted by atomic mass is 16.1. The van der Waals surface area contributed by atoms with E-state index in [4.69, 9.17) is 5.73 Å². The van der Waals surface area contributed by atoms with Gasteiger partial charge in [-0.25, -0.2) is 9.97 Å². The minimum Gasteiger partial charge on any atom is -0.383 e. The molecule has 0 bridgehead atoms. The van der Waals surface area contributed by atoms with E-state index >= 15 is 0 Å². The number of aryl methyl sites for hydroxylation is 1. The Hall–Kier alpha value is -4.39. The molecule has 4 N–H and O–H groups in total. The van der Waals surface area contributed by atoms with Crippen molar-refractivity contribution in [3.63, 3.8) is 0 Å². The summed E-state index contributed by atoms with van der Waals surface area (Å²) >= 11 is 0. The third-order valence-corrected chi connectivity index (χ3v) is 5.64. The standard InChI is InChI=1S/C25H22N6O/c1-14(2)25(32)30-18-8-6-16(7-9-18)22-20(17-5-4-15-10-11-27-19(15)12-17)21-23(26)28-13-29-24(21)31(22)3/h4-13,27H,1H2,2-3H3,(H,30,32)(H2,26,28,29). The van der Waals surface area contributed by atoms with E-state index in [1.54, 1.807) is 6.92 Å². The molecule has 0 atom stereocenters. The lowest BCUT2D eigenvalue weighted by Gasteiger charge is -2.11. The van der Waals surface area contributed by atoms with E-state index in [2.05, 4.69) is 45.0 Å². The van der Waals surface area contributed by atoms with E-state index in [1.165, 1.54) is 6.33 Å². The second kappa shape index (κ2) is 7.39. The van der Waals surface area contributed by atoms with Crippen molar-refractivity contribution in [2.45, 2.75) is 6.92 Å². The average molecular weight is 422 g/mol. The van der Waals surface area contributed by atoms with Crippen LogP contribution in [0.25, 0.3) is 44.3 Å². The summed E-state index contributed by atoms with van der Waals surface area (Å²) in [6, 6.07) is 16.0. The Morgan fingerprint density at radius 3 is 2.59 bits per heavy atom. The minimum atomic E-state index is -0.203. The number of benzene rings is 2. The molecular formula is C25H22N6O. The zero-order valence-electron chi connectivity index (χ0n) is 17.8. The van der Waals surface area contributed by atoms with Crippen LogP contribution in [-0.4, -0.2) is 25.4 Å². The predicted octanol–water partition coefficient (Wildman–Crippen LogP) is 4.88. The van der Waals surface area contributed by atoms with Crippen molar-refractivity contribution < 1.29 is 4.79 Å². The van der Waals surface area contributed by atoms with Crippen molar-refractivity contribution in [2.75, 3.05) is 11.1 Å². The average Bonchev–Trinajstić information content (AvgIpc) is 3.37. The van der Waals surface area contributed by atoms with Gasteiger partial charge in [0.1, 0.15) is 17.8 Å². The predicted molar refractivity (Wildman–Crippen MR) is 129 cm³/mol. The highest BCUT2D eigenvalue weighted by Crippen LogP contribution is 2.42. The Balaban J connectivity index is 1.72. The summed E-state index contributed by atoms with van der Waals surface area (Å²) < 4.78 is 2.03. The highest BCUT2D eigenvalue weighted by Gasteiger charge is 2.22. The van der Waals surface area contributed by atoms with Crippen LogP contribution in [-0.2, 0) is 11.8 Å². The minimum absolute atomic E-state index is 0.203. The first-order chi connectivity index (χ1) is 15.4. The number of carbonyl (C=O) groups is 1. The lowest BCUT2D eigenvalue weighted by molar-refractivity contribution is -0.112. The summed E-state index contributed by atoms with van der Waals surface area (Å²) in [5.41, 5.74) is 13.2. The number of fused-ring (bicyclic) bond motifs is 2. The molecule has 0 spiro atoms. The van der Waals surface area contributed by atoms with E-state index in [0.29, 0.717) is 17.1 Å². The number of hydrogen-bond donors (Lipinski definition) is 3. The summed E-state index contributed by atoms with van der Waals surface area (Å²) in [7, 11) is 1.97. The Bertz CT molecular complexity index is 1510. The number of carbonyl (C=O) groups excluding carboxylic acids is 1. The lowest BCUT2D eigenvalue weighted by atomic mass is 9.98. The molecule has 0 saturated heterocycles. The Morgan fingerprint density at radius 2 is 1.84 bits per heavy atom. The maximum Gasteiger partial charge on any atom is 0.250 e. The number of aromatic amines is 1. The van der Waals surface area contributed by atoms with E-state index < -0.39 is 0 Å². The van der Waals surface area contributed by atoms with Crippen molar-refractivity contribution in [2.24, 2.45) is 7.05 Å². The largest absolute Gasteiger partial charge is 0.383 e. The van der Waals surface area contributed by atoms with Crippen LogP contribution in [0, 0.1) is 0 Å². The zero-order chi connectivity index (χ0) is 22.4. The van der Waals surface area contributed by atoms with Gasteiger partial charge in [-0.15, -0.1) is 0 Å². The number of nitrogens with zero attached hydrogens (tertiary/aromatic N) is 3. The molecule has 0 unspecified atom stereocenters. The summed E-state index contributed by atoms with van der Waals surface area (Å²) in [5.74, 6) is 0.231. The van der Waals surface area contributed by atoms with Crippen LogP contribution in [0.15, 0.2) is 73.2 Å². The molecule has 0 aliphatic carbocycles. The molecule has 0 aliphatic heterocycles. The van der Waals surface area contributed by atoms with Gasteiger partial charge in [0.05, 0.1) is 11.1 Å². The van der Waals surface area contributed by atoms with Gasteiger partial charge in [-0.2, -0.15) is 0 Å². The summed E-state index contributed by atoms with van der Waals surface area (Å²) in [4.78, 5) is 24.0. The Kier molecular flexibility index (Phi) is 4.52. The van der Waals surface area contributed by atoms with Gasteiger partial charge >= 0.3 is 0 Å². The highest BCUT2D eigenvalue weighted by molar-refractivity contribution is 6.09. The number of nitrogen functional groups attached to an aromatic ring is 1. The van der Waals surface area contributed by atoms with Gasteiger partial charge in [-0.3, -0.25) is 4.79 Å². The maximum atomic E-state index is 12.0. The quantitative estimate of drug-likeness (QED) is 0.359. The molecule has 1 amide bonds. The smallest absolute Gasteiger partial charge is 0.250 e. The molecule has 3 heterocycles. The van der Waals surface area contributed by atoms with Crippen LogP contribution in [0.2, 0.25) is 0 Å². The summed E-state index contributed by atoms with van der Waals surface area (Å²) in [6.45, 7) is 5.36. The Labute approximate surface area is 184 Å². The molecule has 5 rings (SSSR count). The van der Waals surface area contributed by atoms with Crippen LogP contribution in [0.3, 0.4) is 0 Å². The fourth-order valence-electron chi connectivity index (χ4n) is 4.05. The molecule has 0 radical (unpaired) electrons. The molecular weight excluding hydrogens is 400 g/mol. The van der Waals surface area contributed by atoms with Gasteiger partial charge in [-0.1, -0.05) is 30.8 Å². The fourth-order valence-corrected chi connectivity index (χ4v) is 4.05. The van der Waals surface area contributed by atoms with Crippen molar-refractivity contribution >= 4 is 39.3 Å². The lowest BCUT2D eigenvalue weighted by Crippen LogP contribution is -2.11. The molecule has 32 heavy (non-hydrogen) atoms. The molecule has 0 aliphatic rings. The van der Waals surface area contributed by atoms with Crippen LogP contribution < -0.4 is 11.1 Å². The molecule has 3 aromatic heterocycles. The number of amides is 1. The van der Waals surface area contributed by atoms with Gasteiger partial charge in [0, 0.05) is 35.6 Å². The first kappa shape index (κ1) is 19.6. The number of aromatic nitrogens is 4. The summed E-state index contributed by atoms with van der Waals surface area (Å²) in [5, 5.41) is 4.79. The molecule has 0 saturated carbocycles. The molecule has 5 aromatic rings. The topological polar surface area (TPSA) is 102 Å². The molecule has 158 valence electrons. The van der Waals surface area contributed by atoms with E-state index in [0.717, 1.165) is 44.3 Å². The number of hydrogen-bond acceptors (Lipinski definition) is 4. The van der Waals surface area contributed by atoms with Crippen LogP contribution in [0.5, 0.6) is 0 Å². The monoisotopic (exact) mass is 422 g/mol. The van der Waals surface area contributed by atoms with Crippen LogP contribution in [0.1, 0.15) is 6.92 Å². The molecule has 2 aromatic carbocycles. The first-order valence-electron chi connectivity index (χ1n) is 10.2. The third kappa shape index (κ3) is 3.11. The molecule has 7 nitrogen and oxygen atoms in total. The fraction of sp³-hybridized carbons (Fsp3) is 0.0800. The van der Waals surface area contributed by atoms with Crippen molar-refractivity contribution in [3.05, 3.63) is 73.2 Å². The first-order valence-corrected chi connectivity index (χ1v) is 10.2. The van der Waals surface area contributed by atoms with Crippen molar-refractivity contribution in [1.82, 2.24) is 19.5 Å². The van der Waals surface area contributed by atoms with Gasteiger partial charge in [0.2, 0.25) is 0 Å². The van der Waals surface area contributed by atoms with E-state index in [1.807, 2.05) is 48.1 Å². The van der Waals surface area contributed by atoms with E-state index in [9.17, 15) is 4.79 Å². The Morgan fingerprint density at radius 1 is 1.09 bits per heavy atom. The molecule has 7 heteroatoms. The second-order valence-electron chi connectivity index (χ2n) is 7.83. The normalized spacial score (nSPS) is 11.2. The third-order valence-electron chi connectivity index (χ3n) is 5.64. The van der Waals surface area contributed by atoms with Crippen molar-refractivity contribution in [3.8, 4) is 22.4 Å². The van der Waals surface area contributed by atoms with Gasteiger partial charge < -0.3 is 20.6 Å². The van der Waals surface area contributed by atoms with Crippen LogP contribution >= 0.6 is 0 Å². The van der Waals surface area contributed by atoms with Gasteiger partial charge in [0.15, 0.2) is 0 Å². The number of rotatable bonds is 4. The number of H-pyrrole nitrogens is 1. The van der Waals surface area contributed by atoms with Crippen molar-refractivity contribution in [1.29, 1.82) is 0 Å². The number of anilines is 2. The maximum absolute atomic E-state index is 12.0. The van der Waals surface area contributed by atoms with Crippen LogP contribution in [0.4, 0.5) is 11.5 Å². The van der Waals surface area contributed by atoms with Gasteiger partial charge in [-0.05, 0) is 47.7 Å². The van der Waals surface area contributed by atoms with Gasteiger partial charge in [0.25, 0.3) is 5.91 Å². The number of nitrogens with one attached hydrogen (secondary N) is 2.